The SMILES string of the molecule is C=CC(=O)N1CC(NC(=O)Cn2cc(C(=O)CCCC(=O)Cc3ccccc3CC)c3cc(Br)ccc32)C1. The first kappa shape index (κ1) is 27.5. The molecule has 2 aromatic carbocycles. The summed E-state index contributed by atoms with van der Waals surface area (Å²) in [4.78, 5) is 51.7. The van der Waals surface area contributed by atoms with Crippen LogP contribution in [0.1, 0.15) is 47.7 Å². The van der Waals surface area contributed by atoms with Crippen LogP contribution in [0.3, 0.4) is 0 Å². The molecule has 1 N–H and O–H groups in total. The molecule has 1 aromatic heterocycles. The fourth-order valence-electron chi connectivity index (χ4n) is 4.89. The van der Waals surface area contributed by atoms with Gasteiger partial charge < -0.3 is 14.8 Å². The monoisotopic (exact) mass is 577 g/mol. The number of halogens is 1. The van der Waals surface area contributed by atoms with Crippen molar-refractivity contribution >= 4 is 50.2 Å². The number of likely N-dealkylation sites (tertiary alicyclic amines) is 1. The molecule has 8 heteroatoms. The average molecular weight is 579 g/mol. The van der Waals surface area contributed by atoms with Gasteiger partial charge in [-0.15, -0.1) is 0 Å². The van der Waals surface area contributed by atoms with Gasteiger partial charge in [-0.3, -0.25) is 19.2 Å². The first-order valence-electron chi connectivity index (χ1n) is 12.9. The van der Waals surface area contributed by atoms with Gasteiger partial charge in [-0.2, -0.15) is 0 Å². The highest BCUT2D eigenvalue weighted by atomic mass is 79.9. The first-order valence-corrected chi connectivity index (χ1v) is 13.7. The van der Waals surface area contributed by atoms with Crippen molar-refractivity contribution in [3.05, 3.63) is 82.5 Å². The minimum Gasteiger partial charge on any atom is -0.348 e. The van der Waals surface area contributed by atoms with Crippen molar-refractivity contribution in [3.63, 3.8) is 0 Å². The van der Waals surface area contributed by atoms with Crippen LogP contribution < -0.4 is 5.32 Å². The third-order valence-corrected chi connectivity index (χ3v) is 7.43. The highest BCUT2D eigenvalue weighted by Crippen LogP contribution is 2.27. The maximum atomic E-state index is 13.2. The number of aryl methyl sites for hydroxylation is 1. The van der Waals surface area contributed by atoms with E-state index in [1.54, 1.807) is 15.7 Å². The number of carbonyl (C=O) groups is 4. The van der Waals surface area contributed by atoms with E-state index in [1.807, 2.05) is 42.5 Å². The van der Waals surface area contributed by atoms with Crippen LogP contribution in [-0.4, -0.2) is 52.0 Å². The Labute approximate surface area is 231 Å². The van der Waals surface area contributed by atoms with E-state index in [0.717, 1.165) is 27.4 Å². The number of Topliss-reactive ketones (excluding diaryl/α,β-unsaturated/α-hetero) is 2. The normalized spacial score (nSPS) is 13.3. The van der Waals surface area contributed by atoms with Gasteiger partial charge >= 0.3 is 0 Å². The predicted molar refractivity (Wildman–Crippen MR) is 151 cm³/mol. The van der Waals surface area contributed by atoms with E-state index in [2.05, 4.69) is 34.7 Å². The Hall–Kier alpha value is -3.52. The number of benzene rings is 2. The zero-order valence-electron chi connectivity index (χ0n) is 21.5. The Kier molecular flexibility index (Phi) is 8.94. The van der Waals surface area contributed by atoms with Crippen LogP contribution in [0, 0.1) is 0 Å². The van der Waals surface area contributed by atoms with Gasteiger partial charge in [0.1, 0.15) is 12.3 Å². The van der Waals surface area contributed by atoms with E-state index in [4.69, 9.17) is 0 Å². The molecular weight excluding hydrogens is 546 g/mol. The lowest BCUT2D eigenvalue weighted by Gasteiger charge is -2.38. The highest BCUT2D eigenvalue weighted by molar-refractivity contribution is 9.10. The zero-order valence-corrected chi connectivity index (χ0v) is 23.1. The van der Waals surface area contributed by atoms with Crippen LogP contribution in [0.4, 0.5) is 0 Å². The van der Waals surface area contributed by atoms with Crippen molar-refractivity contribution in [2.45, 2.75) is 51.6 Å². The molecule has 1 aliphatic rings. The Morgan fingerprint density at radius 3 is 2.53 bits per heavy atom. The van der Waals surface area contributed by atoms with E-state index in [0.29, 0.717) is 37.9 Å². The Morgan fingerprint density at radius 2 is 1.82 bits per heavy atom. The molecule has 7 nitrogen and oxygen atoms in total. The van der Waals surface area contributed by atoms with Gasteiger partial charge in [-0.1, -0.05) is 53.7 Å². The number of carbonyl (C=O) groups excluding carboxylic acids is 4. The summed E-state index contributed by atoms with van der Waals surface area (Å²) in [6.07, 6.45) is 5.35. The fourth-order valence-corrected chi connectivity index (χ4v) is 5.25. The van der Waals surface area contributed by atoms with Gasteiger partial charge in [0, 0.05) is 59.5 Å². The molecule has 4 rings (SSSR count). The summed E-state index contributed by atoms with van der Waals surface area (Å²) >= 11 is 3.48. The topological polar surface area (TPSA) is 88.5 Å². The number of amides is 2. The summed E-state index contributed by atoms with van der Waals surface area (Å²) in [5, 5.41) is 3.71. The Balaban J connectivity index is 1.37. The zero-order chi connectivity index (χ0) is 27.2. The number of hydrogen-bond acceptors (Lipinski definition) is 4. The first-order chi connectivity index (χ1) is 18.3. The number of fused-ring (bicyclic) bond motifs is 1. The van der Waals surface area contributed by atoms with Gasteiger partial charge in [0.05, 0.1) is 6.04 Å². The van der Waals surface area contributed by atoms with Crippen LogP contribution in [0.2, 0.25) is 0 Å². The molecule has 0 radical (unpaired) electrons. The molecule has 2 heterocycles. The third-order valence-electron chi connectivity index (χ3n) is 6.94. The van der Waals surface area contributed by atoms with Gasteiger partial charge in [0.25, 0.3) is 0 Å². The molecule has 38 heavy (non-hydrogen) atoms. The van der Waals surface area contributed by atoms with Gasteiger partial charge in [0.15, 0.2) is 5.78 Å². The lowest BCUT2D eigenvalue weighted by atomic mass is 9.97. The molecule has 0 unspecified atom stereocenters. The van der Waals surface area contributed by atoms with Gasteiger partial charge in [0.2, 0.25) is 11.8 Å². The standard InChI is InChI=1S/C30H32BrN3O4/c1-3-20-8-5-6-9-21(20)14-24(35)10-7-11-28(36)26-18-33(27-13-12-22(31)15-25(26)27)19-29(37)32-23-16-34(17-23)30(38)4-2/h4-6,8-9,12-13,15,18,23H,2-3,7,10-11,14,16-17,19H2,1H3,(H,32,37). The molecule has 2 amide bonds. The number of nitrogens with one attached hydrogen (secondary N) is 1. The summed E-state index contributed by atoms with van der Waals surface area (Å²) in [6, 6.07) is 13.5. The molecule has 0 bridgehead atoms. The van der Waals surface area contributed by atoms with Crippen molar-refractivity contribution in [3.8, 4) is 0 Å². The fraction of sp³-hybridized carbons (Fsp3) is 0.333. The lowest BCUT2D eigenvalue weighted by molar-refractivity contribution is -0.133. The van der Waals surface area contributed by atoms with E-state index >= 15 is 0 Å². The highest BCUT2D eigenvalue weighted by Gasteiger charge is 2.30. The van der Waals surface area contributed by atoms with Crippen LogP contribution in [0.15, 0.2) is 65.8 Å². The minimum atomic E-state index is -0.183. The maximum Gasteiger partial charge on any atom is 0.246 e. The lowest BCUT2D eigenvalue weighted by Crippen LogP contribution is -2.61. The van der Waals surface area contributed by atoms with Crippen molar-refractivity contribution in [1.82, 2.24) is 14.8 Å². The Bertz CT molecular complexity index is 1390. The second kappa shape index (κ2) is 12.3. The molecule has 198 valence electrons. The summed E-state index contributed by atoms with van der Waals surface area (Å²) in [5.41, 5.74) is 3.57. The summed E-state index contributed by atoms with van der Waals surface area (Å²) in [6.45, 7) is 6.54. The van der Waals surface area contributed by atoms with Crippen molar-refractivity contribution in [2.24, 2.45) is 0 Å². The number of aromatic nitrogens is 1. The quantitative estimate of drug-likeness (QED) is 0.251. The molecule has 1 fully saturated rings. The van der Waals surface area contributed by atoms with Crippen molar-refractivity contribution in [2.75, 3.05) is 13.1 Å². The average Bonchev–Trinajstić information content (AvgIpc) is 3.22. The minimum absolute atomic E-state index is 0.0495. The molecule has 0 aliphatic carbocycles. The van der Waals surface area contributed by atoms with Crippen LogP contribution in [-0.2, 0) is 33.8 Å². The second-order valence-electron chi connectivity index (χ2n) is 9.66. The van der Waals surface area contributed by atoms with E-state index in [-0.39, 0.29) is 42.4 Å². The molecule has 0 atom stereocenters. The second-order valence-corrected chi connectivity index (χ2v) is 10.6. The third kappa shape index (κ3) is 6.48. The van der Waals surface area contributed by atoms with E-state index < -0.39 is 0 Å². The smallest absolute Gasteiger partial charge is 0.246 e. The van der Waals surface area contributed by atoms with E-state index in [1.165, 1.54) is 11.6 Å². The molecule has 0 spiro atoms. The molecule has 1 aliphatic heterocycles. The Morgan fingerprint density at radius 1 is 1.08 bits per heavy atom. The summed E-state index contributed by atoms with van der Waals surface area (Å²) < 4.78 is 2.62. The van der Waals surface area contributed by atoms with Gasteiger partial charge in [-0.25, -0.2) is 0 Å². The molecule has 0 saturated carbocycles. The van der Waals surface area contributed by atoms with Crippen LogP contribution in [0.25, 0.3) is 10.9 Å². The maximum absolute atomic E-state index is 13.2. The number of ketones is 2. The van der Waals surface area contributed by atoms with E-state index in [9.17, 15) is 19.2 Å². The van der Waals surface area contributed by atoms with Crippen molar-refractivity contribution in [1.29, 1.82) is 0 Å². The van der Waals surface area contributed by atoms with Crippen LogP contribution >= 0.6 is 15.9 Å². The largest absolute Gasteiger partial charge is 0.348 e. The predicted octanol–water partition coefficient (Wildman–Crippen LogP) is 4.64. The van der Waals surface area contributed by atoms with Crippen molar-refractivity contribution < 1.29 is 19.2 Å². The number of nitrogens with zero attached hydrogens (tertiary/aromatic N) is 2. The molecule has 3 aromatic rings. The summed E-state index contributed by atoms with van der Waals surface area (Å²) in [7, 11) is 0. The number of rotatable bonds is 12. The number of hydrogen-bond donors (Lipinski definition) is 1. The molecular formula is C30H32BrN3O4. The van der Waals surface area contributed by atoms with Crippen LogP contribution in [0.5, 0.6) is 0 Å². The summed E-state index contributed by atoms with van der Waals surface area (Å²) in [5.74, 6) is -0.248. The molecule has 1 saturated heterocycles. The van der Waals surface area contributed by atoms with Gasteiger partial charge in [-0.05, 0) is 48.2 Å².